The molecule has 0 saturated heterocycles. The van der Waals surface area contributed by atoms with E-state index in [1.807, 2.05) is 73.6 Å². The fourth-order valence-electron chi connectivity index (χ4n) is 7.07. The molecule has 0 fully saturated rings. The van der Waals surface area contributed by atoms with Crippen LogP contribution in [0, 0.1) is 27.5 Å². The summed E-state index contributed by atoms with van der Waals surface area (Å²) in [5.41, 5.74) is -0.535. The van der Waals surface area contributed by atoms with Gasteiger partial charge in [0.25, 0.3) is 0 Å². The lowest BCUT2D eigenvalue weighted by atomic mass is 9.81. The third kappa shape index (κ3) is 19.9. The molecule has 8 rings (SSSR count). The minimum atomic E-state index is -0.806. The predicted molar refractivity (Wildman–Crippen MR) is 337 cm³/mol. The van der Waals surface area contributed by atoms with Crippen molar-refractivity contribution >= 4 is 56.2 Å². The van der Waals surface area contributed by atoms with E-state index in [-0.39, 0.29) is 57.8 Å². The lowest BCUT2D eigenvalue weighted by Gasteiger charge is -2.23. The molecule has 0 heterocycles. The number of ether oxygens (including phenoxy) is 4. The Morgan fingerprint density at radius 3 is 1.08 bits per heavy atom. The summed E-state index contributed by atoms with van der Waals surface area (Å²) < 4.78 is 33.7. The number of rotatable bonds is 14. The van der Waals surface area contributed by atoms with Crippen molar-refractivity contribution in [3.05, 3.63) is 157 Å². The van der Waals surface area contributed by atoms with E-state index in [0.29, 0.717) is 30.1 Å². The summed E-state index contributed by atoms with van der Waals surface area (Å²) in [5, 5.41) is 61.9. The van der Waals surface area contributed by atoms with Crippen LogP contribution >= 0.6 is 0 Å². The molecule has 0 aliphatic heterocycles. The van der Waals surface area contributed by atoms with Gasteiger partial charge in [-0.1, -0.05) is 84.9 Å². The summed E-state index contributed by atoms with van der Waals surface area (Å²) in [4.78, 5) is 47.0. The van der Waals surface area contributed by atoms with Gasteiger partial charge < -0.3 is 49.6 Å². The molecule has 0 aliphatic carbocycles. The van der Waals surface area contributed by atoms with Crippen molar-refractivity contribution in [2.45, 2.75) is 141 Å². The Bertz CT molecular complexity index is 3540. The van der Waals surface area contributed by atoms with Gasteiger partial charge in [-0.25, -0.2) is 4.39 Å². The van der Waals surface area contributed by atoms with Crippen molar-refractivity contribution in [3.63, 3.8) is 0 Å². The number of hydrogen-bond donors (Lipinski definition) is 6. The Morgan fingerprint density at radius 1 is 0.326 bits per heavy atom. The summed E-state index contributed by atoms with van der Waals surface area (Å²) >= 11 is 0. The van der Waals surface area contributed by atoms with Crippen molar-refractivity contribution in [1.29, 1.82) is 0 Å². The molecule has 0 aromatic heterocycles. The van der Waals surface area contributed by atoms with E-state index in [1.165, 1.54) is 58.1 Å². The van der Waals surface area contributed by atoms with Crippen LogP contribution in [0.2, 0.25) is 0 Å². The third-order valence-electron chi connectivity index (χ3n) is 15.5. The highest BCUT2D eigenvalue weighted by Gasteiger charge is 2.31. The molecule has 0 radical (unpaired) electrons. The van der Waals surface area contributed by atoms with E-state index >= 15 is 0 Å². The number of carbonyl (C=O) groups excluding carboxylic acids is 4. The molecule has 0 amide bonds. The van der Waals surface area contributed by atoms with E-state index in [0.717, 1.165) is 47.6 Å². The van der Waals surface area contributed by atoms with Crippen LogP contribution in [-0.2, 0) is 24.6 Å². The largest absolute Gasteiger partial charge is 0.508 e. The van der Waals surface area contributed by atoms with Crippen LogP contribution in [0.5, 0.6) is 57.5 Å². The first-order chi connectivity index (χ1) is 40.1. The lowest BCUT2D eigenvalue weighted by Crippen LogP contribution is -2.28. The molecular formula is C71H85FO14. The van der Waals surface area contributed by atoms with Crippen molar-refractivity contribution in [3.8, 4) is 57.5 Å². The zero-order valence-corrected chi connectivity index (χ0v) is 52.2. The second-order valence-electron chi connectivity index (χ2n) is 24.1. The van der Waals surface area contributed by atoms with Crippen LogP contribution < -0.4 is 18.9 Å². The number of fused-ring (bicyclic) bond motifs is 3. The average molecular weight is 1180 g/mol. The van der Waals surface area contributed by atoms with Crippen molar-refractivity contribution in [2.24, 2.45) is 21.7 Å². The zero-order chi connectivity index (χ0) is 64.5. The van der Waals surface area contributed by atoms with Gasteiger partial charge in [0.1, 0.15) is 40.2 Å². The summed E-state index contributed by atoms with van der Waals surface area (Å²) in [6.45, 7) is 29.0. The maximum Gasteiger partial charge on any atom is 0.316 e. The first-order valence-electron chi connectivity index (χ1n) is 28.7. The van der Waals surface area contributed by atoms with E-state index in [2.05, 4.69) is 51.1 Å². The SMILES string of the molecule is CCC(C)(C)C(=O)Oc1ccc(O)c(F)c1.CCC(C)(C)C(=O)Oc1ccc(O)c(O)c1.CCC(C)(C)C(=O)Oc1ccc(O)cc1.CCC(C)(C)C(=O)Oc1ccc2cc(O)ccc2c1.CCC(C)(C)c1ccc2cc3cc(O)ccc3cc2c1. The highest BCUT2D eigenvalue weighted by molar-refractivity contribution is 5.99. The summed E-state index contributed by atoms with van der Waals surface area (Å²) in [5.74, 6) is -1.06. The Hall–Kier alpha value is -8.85. The Balaban J connectivity index is 0.000000231. The smallest absolute Gasteiger partial charge is 0.316 e. The molecule has 14 nitrogen and oxygen atoms in total. The number of phenols is 6. The van der Waals surface area contributed by atoms with Crippen molar-refractivity contribution in [1.82, 2.24) is 0 Å². The number of hydrogen-bond acceptors (Lipinski definition) is 14. The summed E-state index contributed by atoms with van der Waals surface area (Å²) in [6.07, 6.45) is 3.87. The fraction of sp³-hybridized carbons (Fsp3) is 0.352. The highest BCUT2D eigenvalue weighted by atomic mass is 19.1. The minimum Gasteiger partial charge on any atom is -0.508 e. The normalized spacial score (nSPS) is 11.5. The Kier molecular flexibility index (Phi) is 24.1. The van der Waals surface area contributed by atoms with Gasteiger partial charge in [-0.05, 0) is 228 Å². The van der Waals surface area contributed by atoms with Crippen LogP contribution in [0.3, 0.4) is 0 Å². The lowest BCUT2D eigenvalue weighted by molar-refractivity contribution is -0.144. The molecule has 0 spiro atoms. The van der Waals surface area contributed by atoms with Gasteiger partial charge in [-0.2, -0.15) is 0 Å². The summed E-state index contributed by atoms with van der Waals surface area (Å²) in [6, 6.07) is 40.6. The van der Waals surface area contributed by atoms with Gasteiger partial charge in [-0.3, -0.25) is 19.2 Å². The minimum absolute atomic E-state index is 0.0989. The van der Waals surface area contributed by atoms with Crippen LogP contribution in [0.15, 0.2) is 146 Å². The molecule has 0 bridgehead atoms. The molecule has 0 unspecified atom stereocenters. The van der Waals surface area contributed by atoms with Gasteiger partial charge in [0.2, 0.25) is 0 Å². The number of esters is 4. The average Bonchev–Trinajstić information content (AvgIpc) is 3.10. The van der Waals surface area contributed by atoms with Crippen LogP contribution in [0.1, 0.15) is 142 Å². The molecular weight excluding hydrogens is 1100 g/mol. The van der Waals surface area contributed by atoms with Crippen LogP contribution in [0.25, 0.3) is 32.3 Å². The van der Waals surface area contributed by atoms with E-state index in [9.17, 15) is 38.9 Å². The molecule has 8 aromatic carbocycles. The quantitative estimate of drug-likeness (QED) is 0.0258. The zero-order valence-electron chi connectivity index (χ0n) is 52.2. The number of benzene rings is 8. The van der Waals surface area contributed by atoms with E-state index in [4.69, 9.17) is 34.3 Å². The number of phenolic OH excluding ortho intramolecular Hbond substituents is 6. The van der Waals surface area contributed by atoms with E-state index < -0.39 is 39.2 Å². The Morgan fingerprint density at radius 2 is 0.651 bits per heavy atom. The highest BCUT2D eigenvalue weighted by Crippen LogP contribution is 2.35. The first kappa shape index (κ1) is 69.6. The predicted octanol–water partition coefficient (Wildman–Crippen LogP) is 17.3. The first-order valence-corrected chi connectivity index (χ1v) is 28.7. The third-order valence-corrected chi connectivity index (χ3v) is 15.5. The number of aromatic hydroxyl groups is 6. The van der Waals surface area contributed by atoms with Crippen molar-refractivity contribution < 1.29 is 73.2 Å². The number of carbonyl (C=O) groups is 4. The molecule has 0 aliphatic rings. The second-order valence-corrected chi connectivity index (χ2v) is 24.1. The maximum atomic E-state index is 13.0. The van der Waals surface area contributed by atoms with Crippen LogP contribution in [-0.4, -0.2) is 54.5 Å². The molecule has 0 atom stereocenters. The van der Waals surface area contributed by atoms with Gasteiger partial charge in [-0.15, -0.1) is 0 Å². The standard InChI is InChI=1S/C19H20O.C16H18O3.C12H15FO3.C12H16O4.C12H16O3/c1-4-19(2,3)17-7-5-13-10-16-12-18(20)8-6-14(16)9-15(13)11-17;1-4-16(2,3)15(18)19-14-8-6-11-9-13(17)7-5-12(11)10-14;1-4-12(2,3)11(15)16-8-5-6-10(14)9(13)7-8;1-4-12(2,3)11(15)16-8-5-6-9(13)10(14)7-8;1-4-12(2,3)11(14)15-10-7-5-9(13)6-8-10/h5-12,20H,4H2,1-3H3;5-10,17H,4H2,1-3H3;5-7,14H,4H2,1-3H3;5-7,13-14H,4H2,1-3H3;5-8,13H,4H2,1-3H3. The van der Waals surface area contributed by atoms with Crippen LogP contribution in [0.4, 0.5) is 4.39 Å². The molecule has 0 saturated carbocycles. The molecule has 460 valence electrons. The maximum absolute atomic E-state index is 13.0. The Labute approximate surface area is 504 Å². The molecule has 6 N–H and O–H groups in total. The van der Waals surface area contributed by atoms with Gasteiger partial charge in [0.05, 0.1) is 21.7 Å². The summed E-state index contributed by atoms with van der Waals surface area (Å²) in [7, 11) is 0. The topological polar surface area (TPSA) is 227 Å². The fourth-order valence-corrected chi connectivity index (χ4v) is 7.07. The van der Waals surface area contributed by atoms with Gasteiger partial charge >= 0.3 is 23.9 Å². The molecule has 15 heteroatoms. The van der Waals surface area contributed by atoms with E-state index in [1.54, 1.807) is 76.2 Å². The van der Waals surface area contributed by atoms with Gasteiger partial charge in [0.15, 0.2) is 23.1 Å². The van der Waals surface area contributed by atoms with Crippen molar-refractivity contribution in [2.75, 3.05) is 0 Å². The number of halogens is 1. The monoisotopic (exact) mass is 1180 g/mol. The molecule has 86 heavy (non-hydrogen) atoms. The second kappa shape index (κ2) is 29.8. The van der Waals surface area contributed by atoms with Gasteiger partial charge in [0, 0.05) is 12.1 Å². The molecule has 8 aromatic rings.